The zero-order valence-corrected chi connectivity index (χ0v) is 10.4. The van der Waals surface area contributed by atoms with Gasteiger partial charge in [-0.25, -0.2) is 0 Å². The highest BCUT2D eigenvalue weighted by molar-refractivity contribution is 9.18. The van der Waals surface area contributed by atoms with Gasteiger partial charge in [-0.3, -0.25) is 4.79 Å². The summed E-state index contributed by atoms with van der Waals surface area (Å²) in [5, 5.41) is 6.19. The van der Waals surface area contributed by atoms with Crippen molar-refractivity contribution in [3.8, 4) is 0 Å². The van der Waals surface area contributed by atoms with Gasteiger partial charge < -0.3 is 5.32 Å². The topological polar surface area (TPSA) is 29.1 Å². The second kappa shape index (κ2) is 4.77. The molecule has 0 saturated heterocycles. The SMILES string of the molecule is O=C(Br)NCCc1csc2ccccc12. The van der Waals surface area contributed by atoms with Gasteiger partial charge in [0.2, 0.25) is 0 Å². The molecule has 2 nitrogen and oxygen atoms in total. The molecule has 0 saturated carbocycles. The maximum Gasteiger partial charge on any atom is 0.287 e. The van der Waals surface area contributed by atoms with Crippen molar-refractivity contribution in [3.63, 3.8) is 0 Å². The summed E-state index contributed by atoms with van der Waals surface area (Å²) in [6.07, 6.45) is 0.876. The van der Waals surface area contributed by atoms with Crippen molar-refractivity contribution < 1.29 is 4.79 Å². The molecule has 78 valence electrons. The molecule has 2 aromatic rings. The summed E-state index contributed by atoms with van der Waals surface area (Å²) in [4.78, 5) is 10.5. The minimum absolute atomic E-state index is 0.151. The minimum atomic E-state index is -0.151. The fourth-order valence-electron chi connectivity index (χ4n) is 1.52. The molecule has 1 aromatic carbocycles. The van der Waals surface area contributed by atoms with Crippen LogP contribution in [0.1, 0.15) is 5.56 Å². The molecule has 0 unspecified atom stereocenters. The van der Waals surface area contributed by atoms with Gasteiger partial charge in [0.15, 0.2) is 0 Å². The molecular weight excluding hydrogens is 274 g/mol. The van der Waals surface area contributed by atoms with Crippen LogP contribution in [-0.2, 0) is 6.42 Å². The van der Waals surface area contributed by atoms with Gasteiger partial charge in [0, 0.05) is 27.2 Å². The maximum absolute atomic E-state index is 10.6. The smallest absolute Gasteiger partial charge is 0.287 e. The Morgan fingerprint density at radius 1 is 1.40 bits per heavy atom. The van der Waals surface area contributed by atoms with E-state index in [4.69, 9.17) is 0 Å². The van der Waals surface area contributed by atoms with Crippen LogP contribution in [0, 0.1) is 0 Å². The number of nitrogens with one attached hydrogen (secondary N) is 1. The van der Waals surface area contributed by atoms with Crippen LogP contribution in [0.4, 0.5) is 4.79 Å². The summed E-state index contributed by atoms with van der Waals surface area (Å²) in [5.74, 6) is 0. The van der Waals surface area contributed by atoms with E-state index in [1.165, 1.54) is 15.6 Å². The van der Waals surface area contributed by atoms with Gasteiger partial charge in [0.05, 0.1) is 0 Å². The lowest BCUT2D eigenvalue weighted by molar-refractivity contribution is 0.262. The molecule has 0 spiro atoms. The molecule has 15 heavy (non-hydrogen) atoms. The summed E-state index contributed by atoms with van der Waals surface area (Å²) in [5.41, 5.74) is 1.30. The van der Waals surface area contributed by atoms with Crippen LogP contribution in [0.2, 0.25) is 0 Å². The van der Waals surface area contributed by atoms with Gasteiger partial charge in [-0.2, -0.15) is 0 Å². The van der Waals surface area contributed by atoms with Gasteiger partial charge in [-0.05, 0) is 28.8 Å². The molecule has 0 bridgehead atoms. The Morgan fingerprint density at radius 2 is 2.20 bits per heavy atom. The molecule has 0 fully saturated rings. The van der Waals surface area contributed by atoms with Gasteiger partial charge in [-0.15, -0.1) is 11.3 Å². The first kappa shape index (κ1) is 10.6. The predicted molar refractivity (Wildman–Crippen MR) is 67.9 cm³/mol. The second-order valence-corrected chi connectivity index (χ2v) is 4.84. The number of hydrogen-bond acceptors (Lipinski definition) is 2. The molecule has 1 heterocycles. The van der Waals surface area contributed by atoms with Crippen molar-refractivity contribution in [1.29, 1.82) is 0 Å². The standard InChI is InChI=1S/C11H10BrNOS/c12-11(14)13-6-5-8-7-15-10-4-2-1-3-9(8)10/h1-4,7H,5-6H2,(H,13,14). The lowest BCUT2D eigenvalue weighted by atomic mass is 10.1. The Hall–Kier alpha value is -0.870. The Kier molecular flexibility index (Phi) is 3.38. The van der Waals surface area contributed by atoms with Crippen LogP contribution in [0.15, 0.2) is 29.6 Å². The van der Waals surface area contributed by atoms with E-state index in [1.807, 2.05) is 12.1 Å². The van der Waals surface area contributed by atoms with Crippen LogP contribution >= 0.6 is 27.3 Å². The molecule has 4 heteroatoms. The monoisotopic (exact) mass is 283 g/mol. The molecule has 1 N–H and O–H groups in total. The van der Waals surface area contributed by atoms with Gasteiger partial charge in [0.25, 0.3) is 4.82 Å². The first-order valence-corrected chi connectivity index (χ1v) is 6.33. The van der Waals surface area contributed by atoms with Crippen LogP contribution in [0.3, 0.4) is 0 Å². The number of halogens is 1. The van der Waals surface area contributed by atoms with Crippen LogP contribution in [0.5, 0.6) is 0 Å². The van der Waals surface area contributed by atoms with Crippen molar-refractivity contribution >= 4 is 42.2 Å². The fraction of sp³-hybridized carbons (Fsp3) is 0.182. The van der Waals surface area contributed by atoms with Crippen molar-refractivity contribution in [2.45, 2.75) is 6.42 Å². The Morgan fingerprint density at radius 3 is 3.00 bits per heavy atom. The van der Waals surface area contributed by atoms with E-state index >= 15 is 0 Å². The highest BCUT2D eigenvalue weighted by Gasteiger charge is 2.02. The number of benzene rings is 1. The summed E-state index contributed by atoms with van der Waals surface area (Å²) in [6.45, 7) is 0.671. The van der Waals surface area contributed by atoms with Gasteiger partial charge in [-0.1, -0.05) is 18.2 Å². The van der Waals surface area contributed by atoms with E-state index in [1.54, 1.807) is 11.3 Å². The quantitative estimate of drug-likeness (QED) is 0.677. The third-order valence-electron chi connectivity index (χ3n) is 2.22. The predicted octanol–water partition coefficient (Wildman–Crippen LogP) is 3.55. The van der Waals surface area contributed by atoms with E-state index in [9.17, 15) is 4.79 Å². The molecule has 0 atom stereocenters. The number of hydrogen-bond donors (Lipinski definition) is 1. The zero-order chi connectivity index (χ0) is 10.7. The molecular formula is C11H10BrNOS. The Balaban J connectivity index is 2.11. The van der Waals surface area contributed by atoms with Gasteiger partial charge >= 0.3 is 0 Å². The number of amides is 1. The number of carbonyl (C=O) groups excluding carboxylic acids is 1. The van der Waals surface area contributed by atoms with E-state index < -0.39 is 0 Å². The van der Waals surface area contributed by atoms with Crippen LogP contribution < -0.4 is 5.32 Å². The Labute approximate surface area is 100 Å². The van der Waals surface area contributed by atoms with E-state index in [0.29, 0.717) is 6.54 Å². The normalized spacial score (nSPS) is 10.5. The second-order valence-electron chi connectivity index (χ2n) is 3.21. The third-order valence-corrected chi connectivity index (χ3v) is 3.51. The number of carbonyl (C=O) groups is 1. The molecule has 0 aliphatic heterocycles. The van der Waals surface area contributed by atoms with Crippen LogP contribution in [0.25, 0.3) is 10.1 Å². The molecule has 1 amide bonds. The maximum atomic E-state index is 10.6. The number of rotatable bonds is 3. The third kappa shape index (κ3) is 2.58. The van der Waals surface area contributed by atoms with Crippen molar-refractivity contribution in [3.05, 3.63) is 35.2 Å². The summed E-state index contributed by atoms with van der Waals surface area (Å²) < 4.78 is 1.30. The zero-order valence-electron chi connectivity index (χ0n) is 8.00. The lowest BCUT2D eigenvalue weighted by Gasteiger charge is -1.99. The first-order chi connectivity index (χ1) is 7.27. The minimum Gasteiger partial charge on any atom is -0.346 e. The molecule has 2 rings (SSSR count). The average Bonchev–Trinajstić information content (AvgIpc) is 2.62. The number of fused-ring (bicyclic) bond motifs is 1. The largest absolute Gasteiger partial charge is 0.346 e. The highest BCUT2D eigenvalue weighted by Crippen LogP contribution is 2.25. The van der Waals surface area contributed by atoms with Crippen molar-refractivity contribution in [2.75, 3.05) is 6.54 Å². The molecule has 0 radical (unpaired) electrons. The van der Waals surface area contributed by atoms with Crippen LogP contribution in [-0.4, -0.2) is 11.4 Å². The molecule has 0 aliphatic carbocycles. The van der Waals surface area contributed by atoms with Crippen molar-refractivity contribution in [1.82, 2.24) is 5.32 Å². The summed E-state index contributed by atoms with van der Waals surface area (Å²) in [7, 11) is 0. The number of thiophene rings is 1. The fourth-order valence-corrected chi connectivity index (χ4v) is 2.72. The molecule has 1 aromatic heterocycles. The lowest BCUT2D eigenvalue weighted by Crippen LogP contribution is -2.18. The average molecular weight is 284 g/mol. The molecule has 0 aliphatic rings. The summed E-state index contributed by atoms with van der Waals surface area (Å²) >= 11 is 4.59. The van der Waals surface area contributed by atoms with E-state index in [2.05, 4.69) is 38.8 Å². The van der Waals surface area contributed by atoms with Crippen molar-refractivity contribution in [2.24, 2.45) is 0 Å². The highest BCUT2D eigenvalue weighted by atomic mass is 79.9. The van der Waals surface area contributed by atoms with E-state index in [-0.39, 0.29) is 4.82 Å². The first-order valence-electron chi connectivity index (χ1n) is 4.66. The van der Waals surface area contributed by atoms with Gasteiger partial charge in [0.1, 0.15) is 0 Å². The summed E-state index contributed by atoms with van der Waals surface area (Å²) in [6, 6.07) is 8.33. The van der Waals surface area contributed by atoms with E-state index in [0.717, 1.165) is 6.42 Å². The Bertz CT molecular complexity index is 480.